The molecule has 1 amide bonds. The van der Waals surface area contributed by atoms with Crippen molar-refractivity contribution in [1.82, 2.24) is 4.90 Å². The Hall–Kier alpha value is -3.01. The fourth-order valence-electron chi connectivity index (χ4n) is 5.57. The van der Waals surface area contributed by atoms with Crippen LogP contribution in [0.1, 0.15) is 47.5 Å². The zero-order valence-corrected chi connectivity index (χ0v) is 16.9. The molecule has 2 saturated heterocycles. The van der Waals surface area contributed by atoms with Crippen molar-refractivity contribution in [2.45, 2.75) is 43.7 Å². The van der Waals surface area contributed by atoms with E-state index in [0.29, 0.717) is 42.5 Å². The van der Waals surface area contributed by atoms with Gasteiger partial charge in [-0.1, -0.05) is 42.5 Å². The third kappa shape index (κ3) is 2.94. The van der Waals surface area contributed by atoms with Gasteiger partial charge in [-0.3, -0.25) is 4.79 Å². The van der Waals surface area contributed by atoms with Crippen LogP contribution in [0.15, 0.2) is 60.7 Å². The summed E-state index contributed by atoms with van der Waals surface area (Å²) in [6, 6.07) is 21.6. The van der Waals surface area contributed by atoms with Crippen LogP contribution in [0.5, 0.6) is 11.5 Å². The Morgan fingerprint density at radius 3 is 2.33 bits per heavy atom. The van der Waals surface area contributed by atoms with E-state index in [-0.39, 0.29) is 5.91 Å². The lowest BCUT2D eigenvalue weighted by molar-refractivity contribution is 0.0570. The summed E-state index contributed by atoms with van der Waals surface area (Å²) in [5, 5.41) is 2.59. The van der Waals surface area contributed by atoms with E-state index in [2.05, 4.69) is 47.4 Å². The lowest BCUT2D eigenvalue weighted by Crippen LogP contribution is -2.46. The number of amides is 1. The maximum absolute atomic E-state index is 13.4. The van der Waals surface area contributed by atoms with Gasteiger partial charge in [-0.15, -0.1) is 0 Å². The molecule has 0 aromatic heterocycles. The van der Waals surface area contributed by atoms with E-state index in [1.165, 1.54) is 16.3 Å². The molecule has 152 valence electrons. The Labute approximate surface area is 176 Å². The molecule has 2 fully saturated rings. The Morgan fingerprint density at radius 2 is 1.53 bits per heavy atom. The van der Waals surface area contributed by atoms with Crippen molar-refractivity contribution in [1.29, 1.82) is 0 Å². The molecule has 30 heavy (non-hydrogen) atoms. The number of piperidine rings is 1. The van der Waals surface area contributed by atoms with Crippen molar-refractivity contribution in [3.8, 4) is 11.5 Å². The lowest BCUT2D eigenvalue weighted by Gasteiger charge is -2.39. The largest absolute Gasteiger partial charge is 0.486 e. The Balaban J connectivity index is 1.24. The Bertz CT molecular complexity index is 1110. The van der Waals surface area contributed by atoms with Gasteiger partial charge in [0, 0.05) is 17.6 Å². The van der Waals surface area contributed by atoms with Crippen LogP contribution in [-0.4, -0.2) is 36.1 Å². The van der Waals surface area contributed by atoms with E-state index in [9.17, 15) is 4.79 Å². The highest BCUT2D eigenvalue weighted by atomic mass is 16.6. The van der Waals surface area contributed by atoms with Gasteiger partial charge in [0.2, 0.25) is 0 Å². The summed E-state index contributed by atoms with van der Waals surface area (Å²) >= 11 is 0. The molecule has 0 spiro atoms. The molecule has 6 rings (SSSR count). The average molecular weight is 399 g/mol. The van der Waals surface area contributed by atoms with E-state index in [1.807, 2.05) is 18.2 Å². The van der Waals surface area contributed by atoms with E-state index >= 15 is 0 Å². The van der Waals surface area contributed by atoms with Gasteiger partial charge >= 0.3 is 0 Å². The van der Waals surface area contributed by atoms with Crippen molar-refractivity contribution in [3.63, 3.8) is 0 Å². The number of nitrogens with zero attached hydrogens (tertiary/aromatic N) is 1. The lowest BCUT2D eigenvalue weighted by atomic mass is 9.84. The molecule has 0 N–H and O–H groups in total. The molecule has 2 atom stereocenters. The minimum Gasteiger partial charge on any atom is -0.486 e. The Kier molecular flexibility index (Phi) is 4.19. The normalized spacial score (nSPS) is 24.8. The first-order valence-electron chi connectivity index (χ1n) is 11.0. The monoisotopic (exact) mass is 399 g/mol. The first kappa shape index (κ1) is 17.8. The SMILES string of the molecule is O=C(c1ccc2c(c1)OCCO2)N1C2CCC1CC(c1ccc3ccccc3c1)C2. The van der Waals surface area contributed by atoms with Crippen LogP contribution in [0, 0.1) is 0 Å². The number of carbonyl (C=O) groups is 1. The van der Waals surface area contributed by atoms with Gasteiger partial charge in [0.15, 0.2) is 11.5 Å². The molecule has 3 aromatic rings. The summed E-state index contributed by atoms with van der Waals surface area (Å²) in [5.74, 6) is 2.08. The quantitative estimate of drug-likeness (QED) is 0.597. The van der Waals surface area contributed by atoms with Crippen LogP contribution < -0.4 is 9.47 Å². The fraction of sp³-hybridized carbons (Fsp3) is 0.346. The zero-order chi connectivity index (χ0) is 20.1. The number of fused-ring (bicyclic) bond motifs is 4. The molecule has 4 nitrogen and oxygen atoms in total. The molecular formula is C26H25NO3. The number of carbonyl (C=O) groups excluding carboxylic acids is 1. The van der Waals surface area contributed by atoms with Gasteiger partial charge in [0.25, 0.3) is 5.91 Å². The van der Waals surface area contributed by atoms with Crippen LogP contribution in [-0.2, 0) is 0 Å². The molecule has 4 heteroatoms. The summed E-state index contributed by atoms with van der Waals surface area (Å²) < 4.78 is 11.3. The molecule has 0 aliphatic carbocycles. The van der Waals surface area contributed by atoms with Crippen LogP contribution in [0.3, 0.4) is 0 Å². The van der Waals surface area contributed by atoms with Gasteiger partial charge in [-0.25, -0.2) is 0 Å². The number of hydrogen-bond donors (Lipinski definition) is 0. The van der Waals surface area contributed by atoms with E-state index in [4.69, 9.17) is 9.47 Å². The maximum Gasteiger partial charge on any atom is 0.254 e. The minimum absolute atomic E-state index is 0.136. The highest BCUT2D eigenvalue weighted by molar-refractivity contribution is 5.95. The topological polar surface area (TPSA) is 38.8 Å². The second-order valence-electron chi connectivity index (χ2n) is 8.73. The predicted octanol–water partition coefficient (Wildman–Crippen LogP) is 5.16. The summed E-state index contributed by atoms with van der Waals surface area (Å²) in [6.45, 7) is 1.10. The molecule has 0 radical (unpaired) electrons. The van der Waals surface area contributed by atoms with Crippen molar-refractivity contribution in [3.05, 3.63) is 71.8 Å². The highest BCUT2D eigenvalue weighted by Crippen LogP contribution is 2.44. The zero-order valence-electron chi connectivity index (χ0n) is 16.9. The van der Waals surface area contributed by atoms with Crippen LogP contribution in [0.4, 0.5) is 0 Å². The number of benzene rings is 3. The van der Waals surface area contributed by atoms with Gasteiger partial charge in [0.05, 0.1) is 0 Å². The molecule has 3 heterocycles. The first-order valence-corrected chi connectivity index (χ1v) is 11.0. The minimum atomic E-state index is 0.136. The number of rotatable bonds is 2. The van der Waals surface area contributed by atoms with Gasteiger partial charge in [0.1, 0.15) is 13.2 Å². The fourth-order valence-corrected chi connectivity index (χ4v) is 5.57. The summed E-state index contributed by atoms with van der Waals surface area (Å²) in [6.07, 6.45) is 4.30. The smallest absolute Gasteiger partial charge is 0.254 e. The number of hydrogen-bond acceptors (Lipinski definition) is 3. The van der Waals surface area contributed by atoms with Crippen molar-refractivity contribution in [2.75, 3.05) is 13.2 Å². The third-order valence-electron chi connectivity index (χ3n) is 7.00. The standard InChI is InChI=1S/C26H25NO3/c28-26(20-7-10-24-25(16-20)30-12-11-29-24)27-22-8-9-23(27)15-21(14-22)19-6-5-17-3-1-2-4-18(17)13-19/h1-7,10,13,16,21-23H,8-9,11-12,14-15H2. The number of ether oxygens (including phenoxy) is 2. The molecule has 3 aromatic carbocycles. The van der Waals surface area contributed by atoms with Crippen molar-refractivity contribution < 1.29 is 14.3 Å². The summed E-state index contributed by atoms with van der Waals surface area (Å²) in [7, 11) is 0. The first-order chi connectivity index (χ1) is 14.8. The summed E-state index contributed by atoms with van der Waals surface area (Å²) in [4.78, 5) is 15.5. The Morgan fingerprint density at radius 1 is 0.800 bits per heavy atom. The van der Waals surface area contributed by atoms with E-state index in [1.54, 1.807) is 0 Å². The molecule has 3 aliphatic rings. The van der Waals surface area contributed by atoms with E-state index in [0.717, 1.165) is 31.4 Å². The van der Waals surface area contributed by atoms with Gasteiger partial charge in [-0.05, 0) is 66.1 Å². The van der Waals surface area contributed by atoms with Crippen molar-refractivity contribution in [2.24, 2.45) is 0 Å². The molecule has 2 unspecified atom stereocenters. The average Bonchev–Trinajstić information content (AvgIpc) is 3.06. The summed E-state index contributed by atoms with van der Waals surface area (Å²) in [5.41, 5.74) is 2.12. The second kappa shape index (κ2) is 7.05. The third-order valence-corrected chi connectivity index (χ3v) is 7.00. The van der Waals surface area contributed by atoms with Crippen LogP contribution >= 0.6 is 0 Å². The van der Waals surface area contributed by atoms with E-state index < -0.39 is 0 Å². The molecule has 0 saturated carbocycles. The molecule has 2 bridgehead atoms. The molecule has 3 aliphatic heterocycles. The maximum atomic E-state index is 13.4. The highest BCUT2D eigenvalue weighted by Gasteiger charge is 2.43. The second-order valence-corrected chi connectivity index (χ2v) is 8.73. The van der Waals surface area contributed by atoms with Gasteiger partial charge < -0.3 is 14.4 Å². The molecular weight excluding hydrogens is 374 g/mol. The van der Waals surface area contributed by atoms with Crippen LogP contribution in [0.25, 0.3) is 10.8 Å². The van der Waals surface area contributed by atoms with Crippen molar-refractivity contribution >= 4 is 16.7 Å². The van der Waals surface area contributed by atoms with Gasteiger partial charge in [-0.2, -0.15) is 0 Å². The predicted molar refractivity (Wildman–Crippen MR) is 116 cm³/mol. The van der Waals surface area contributed by atoms with Crippen LogP contribution in [0.2, 0.25) is 0 Å².